The second kappa shape index (κ2) is 7.19. The summed E-state index contributed by atoms with van der Waals surface area (Å²) in [7, 11) is -3.79. The number of ether oxygens (including phenoxy) is 2. The van der Waals surface area contributed by atoms with E-state index in [0.29, 0.717) is 0 Å². The number of hydrogen-bond donors (Lipinski definition) is 2. The molecule has 0 saturated heterocycles. The topological polar surface area (TPSA) is 110 Å². The van der Waals surface area contributed by atoms with Crippen LogP contribution >= 0.6 is 7.60 Å². The lowest BCUT2D eigenvalue weighted by atomic mass is 10.2. The van der Waals surface area contributed by atoms with Gasteiger partial charge in [0.05, 0.1) is 13.5 Å². The van der Waals surface area contributed by atoms with Crippen LogP contribution in [0.1, 0.15) is 12.0 Å². The van der Waals surface area contributed by atoms with Gasteiger partial charge in [-0.25, -0.2) is 0 Å². The summed E-state index contributed by atoms with van der Waals surface area (Å²) in [6.45, 7) is -0.0330. The third-order valence-corrected chi connectivity index (χ3v) is 3.69. The van der Waals surface area contributed by atoms with Crippen molar-refractivity contribution in [1.29, 1.82) is 0 Å². The Labute approximate surface area is 115 Å². The number of carbonyl (C=O) groups excluding carboxylic acids is 2. The molecule has 0 fully saturated rings. The zero-order valence-corrected chi connectivity index (χ0v) is 11.7. The van der Waals surface area contributed by atoms with Crippen LogP contribution in [0.5, 0.6) is 0 Å². The summed E-state index contributed by atoms with van der Waals surface area (Å²) in [5.74, 6) is -2.03. The average Bonchev–Trinajstić information content (AvgIpc) is 2.41. The summed E-state index contributed by atoms with van der Waals surface area (Å²) in [6.07, 6.45) is -0.732. The Kier molecular flexibility index (Phi) is 5.88. The number of benzene rings is 1. The van der Waals surface area contributed by atoms with Crippen molar-refractivity contribution in [3.05, 3.63) is 35.9 Å². The third-order valence-electron chi connectivity index (χ3n) is 2.48. The molecule has 1 aromatic rings. The Bertz CT molecular complexity index is 508. The van der Waals surface area contributed by atoms with Crippen LogP contribution in [0, 0.1) is 0 Å². The molecular formula is C12H15O7P. The van der Waals surface area contributed by atoms with E-state index in [2.05, 4.69) is 4.74 Å². The highest BCUT2D eigenvalue weighted by Gasteiger charge is 2.39. The van der Waals surface area contributed by atoms with Crippen molar-refractivity contribution in [1.82, 2.24) is 0 Å². The van der Waals surface area contributed by atoms with Gasteiger partial charge in [0.15, 0.2) is 5.66 Å². The molecule has 0 saturated carbocycles. The Morgan fingerprint density at radius 3 is 2.35 bits per heavy atom. The Hall–Kier alpha value is -1.69. The second-order valence-corrected chi connectivity index (χ2v) is 5.78. The number of rotatable bonds is 6. The molecule has 1 aromatic carbocycles. The lowest BCUT2D eigenvalue weighted by Gasteiger charge is -2.15. The number of methoxy groups -OCH3 is 1. The first-order chi connectivity index (χ1) is 9.34. The van der Waals surface area contributed by atoms with Crippen molar-refractivity contribution in [2.75, 3.05) is 7.11 Å². The fourth-order valence-electron chi connectivity index (χ4n) is 1.43. The molecular weight excluding hydrogens is 287 g/mol. The predicted molar refractivity (Wildman–Crippen MR) is 68.7 cm³/mol. The van der Waals surface area contributed by atoms with Gasteiger partial charge in [-0.15, -0.1) is 0 Å². The zero-order valence-electron chi connectivity index (χ0n) is 10.8. The third kappa shape index (κ3) is 5.13. The van der Waals surface area contributed by atoms with Crippen LogP contribution in [-0.2, 0) is 30.2 Å². The van der Waals surface area contributed by atoms with Crippen LogP contribution in [0.2, 0.25) is 0 Å². The second-order valence-electron chi connectivity index (χ2n) is 3.98. The van der Waals surface area contributed by atoms with Crippen LogP contribution in [0.25, 0.3) is 0 Å². The molecule has 0 amide bonds. The van der Waals surface area contributed by atoms with Gasteiger partial charge in [0.1, 0.15) is 6.61 Å². The summed E-state index contributed by atoms with van der Waals surface area (Å²) in [5.41, 5.74) is -1.11. The van der Waals surface area contributed by atoms with Crippen LogP contribution in [0.4, 0.5) is 0 Å². The molecule has 0 heterocycles. The summed E-state index contributed by atoms with van der Waals surface area (Å²) < 4.78 is 20.2. The van der Waals surface area contributed by atoms with E-state index in [-0.39, 0.29) is 6.61 Å². The fraction of sp³-hybridized carbons (Fsp3) is 0.333. The Morgan fingerprint density at radius 1 is 1.25 bits per heavy atom. The molecule has 1 unspecified atom stereocenters. The maximum absolute atomic E-state index is 11.5. The molecule has 0 spiro atoms. The van der Waals surface area contributed by atoms with Gasteiger partial charge in [-0.05, 0) is 5.56 Å². The van der Waals surface area contributed by atoms with E-state index in [1.165, 1.54) is 0 Å². The summed E-state index contributed by atoms with van der Waals surface area (Å²) in [4.78, 5) is 40.8. The molecule has 2 N–H and O–H groups in total. The first-order valence-electron chi connectivity index (χ1n) is 5.67. The van der Waals surface area contributed by atoms with Gasteiger partial charge in [0.25, 0.3) is 0 Å². The van der Waals surface area contributed by atoms with E-state index >= 15 is 0 Å². The van der Waals surface area contributed by atoms with Crippen molar-refractivity contribution in [3.8, 4) is 0 Å². The summed E-state index contributed by atoms with van der Waals surface area (Å²) in [6, 6.07) is 8.78. The Morgan fingerprint density at radius 2 is 1.85 bits per heavy atom. The van der Waals surface area contributed by atoms with E-state index < -0.39 is 31.6 Å². The first kappa shape index (κ1) is 16.4. The van der Waals surface area contributed by atoms with Gasteiger partial charge in [-0.3, -0.25) is 14.2 Å². The summed E-state index contributed by atoms with van der Waals surface area (Å²) >= 11 is 0. The Balaban J connectivity index is 2.59. The van der Waals surface area contributed by atoms with Crippen LogP contribution < -0.4 is 0 Å². The largest absolute Gasteiger partial charge is 0.468 e. The highest BCUT2D eigenvalue weighted by atomic mass is 31.2. The SMILES string of the molecule is COC(=O)C(CC(=O)OCc1ccccc1)P(=O)(O)O. The standard InChI is InChI=1S/C12H15O7P/c1-18-12(14)10(20(15,16)17)7-11(13)19-8-9-5-3-2-4-6-9/h2-6,10H,7-8H2,1H3,(H2,15,16,17). The molecule has 0 aliphatic rings. The fourth-order valence-corrected chi connectivity index (χ4v) is 2.20. The quantitative estimate of drug-likeness (QED) is 0.591. The van der Waals surface area contributed by atoms with E-state index in [9.17, 15) is 14.2 Å². The molecule has 8 heteroatoms. The van der Waals surface area contributed by atoms with E-state index in [1.54, 1.807) is 30.3 Å². The predicted octanol–water partition coefficient (Wildman–Crippen LogP) is 0.839. The van der Waals surface area contributed by atoms with Crippen molar-refractivity contribution in [2.45, 2.75) is 18.7 Å². The molecule has 0 bridgehead atoms. The van der Waals surface area contributed by atoms with Gasteiger partial charge in [0.2, 0.25) is 0 Å². The molecule has 0 aliphatic carbocycles. The highest BCUT2D eigenvalue weighted by molar-refractivity contribution is 7.53. The molecule has 20 heavy (non-hydrogen) atoms. The highest BCUT2D eigenvalue weighted by Crippen LogP contribution is 2.43. The molecule has 1 atom stereocenters. The molecule has 1 rings (SSSR count). The van der Waals surface area contributed by atoms with Crippen LogP contribution in [0.15, 0.2) is 30.3 Å². The first-order valence-corrected chi connectivity index (χ1v) is 7.35. The molecule has 0 aromatic heterocycles. The number of esters is 2. The van der Waals surface area contributed by atoms with Gasteiger partial charge < -0.3 is 19.3 Å². The monoisotopic (exact) mass is 302 g/mol. The molecule has 7 nitrogen and oxygen atoms in total. The molecule has 110 valence electrons. The van der Waals surface area contributed by atoms with Crippen molar-refractivity contribution in [3.63, 3.8) is 0 Å². The maximum atomic E-state index is 11.5. The maximum Gasteiger partial charge on any atom is 0.340 e. The van der Waals surface area contributed by atoms with Gasteiger partial charge in [-0.2, -0.15) is 0 Å². The zero-order chi connectivity index (χ0) is 15.2. The lowest BCUT2D eigenvalue weighted by molar-refractivity contribution is -0.149. The lowest BCUT2D eigenvalue weighted by Crippen LogP contribution is -2.26. The van der Waals surface area contributed by atoms with Crippen molar-refractivity contribution in [2.24, 2.45) is 0 Å². The number of hydrogen-bond acceptors (Lipinski definition) is 5. The van der Waals surface area contributed by atoms with Crippen molar-refractivity contribution < 1.29 is 33.4 Å². The van der Waals surface area contributed by atoms with Gasteiger partial charge >= 0.3 is 19.5 Å². The van der Waals surface area contributed by atoms with Crippen molar-refractivity contribution >= 4 is 19.5 Å². The normalized spacial score (nSPS) is 12.6. The van der Waals surface area contributed by atoms with E-state index in [4.69, 9.17) is 14.5 Å². The van der Waals surface area contributed by atoms with E-state index in [0.717, 1.165) is 12.7 Å². The van der Waals surface area contributed by atoms with Gasteiger partial charge in [0, 0.05) is 0 Å². The van der Waals surface area contributed by atoms with E-state index in [1.807, 2.05) is 0 Å². The minimum Gasteiger partial charge on any atom is -0.468 e. The average molecular weight is 302 g/mol. The minimum atomic E-state index is -4.77. The summed E-state index contributed by atoms with van der Waals surface area (Å²) in [5, 5.41) is 0. The smallest absolute Gasteiger partial charge is 0.340 e. The van der Waals surface area contributed by atoms with Gasteiger partial charge in [-0.1, -0.05) is 30.3 Å². The number of carbonyl (C=O) groups is 2. The molecule has 0 radical (unpaired) electrons. The minimum absolute atomic E-state index is 0.0330. The van der Waals surface area contributed by atoms with Crippen LogP contribution in [0.3, 0.4) is 0 Å². The molecule has 0 aliphatic heterocycles. The van der Waals surface area contributed by atoms with Crippen LogP contribution in [-0.4, -0.2) is 34.5 Å².